The summed E-state index contributed by atoms with van der Waals surface area (Å²) in [5.41, 5.74) is 1.58. The second-order valence-corrected chi connectivity index (χ2v) is 4.86. The number of alkyl halides is 1. The van der Waals surface area contributed by atoms with Gasteiger partial charge >= 0.3 is 0 Å². The summed E-state index contributed by atoms with van der Waals surface area (Å²) in [6.45, 7) is 0. The van der Waals surface area contributed by atoms with Gasteiger partial charge in [0.1, 0.15) is 0 Å². The normalized spacial score (nSPS) is 33.1. The number of fused-ring (bicyclic) bond motifs is 2. The molecule has 2 aliphatic rings. The SMILES string of the molecule is O=C1Nc2ccccc2C12CCCC2Cl. The molecule has 2 nitrogen and oxygen atoms in total. The summed E-state index contributed by atoms with van der Waals surface area (Å²) in [7, 11) is 0. The highest BCUT2D eigenvalue weighted by atomic mass is 35.5. The van der Waals surface area contributed by atoms with Crippen LogP contribution < -0.4 is 5.32 Å². The largest absolute Gasteiger partial charge is 0.325 e. The summed E-state index contributed by atoms with van der Waals surface area (Å²) in [5, 5.41) is 2.88. The lowest BCUT2D eigenvalue weighted by atomic mass is 9.80. The summed E-state index contributed by atoms with van der Waals surface area (Å²) in [6, 6.07) is 7.89. The number of hydrogen-bond donors (Lipinski definition) is 1. The molecule has 1 aliphatic heterocycles. The minimum atomic E-state index is -0.446. The standard InChI is InChI=1S/C12H12ClNO/c13-10-6-3-7-12(10)8-4-1-2-5-9(8)14-11(12)15/h1-2,4-5,10H,3,6-7H2,(H,14,15). The van der Waals surface area contributed by atoms with E-state index in [0.29, 0.717) is 0 Å². The van der Waals surface area contributed by atoms with Crippen molar-refractivity contribution in [2.24, 2.45) is 0 Å². The number of carbonyl (C=O) groups excluding carboxylic acids is 1. The third kappa shape index (κ3) is 1.03. The highest BCUT2D eigenvalue weighted by Gasteiger charge is 2.53. The van der Waals surface area contributed by atoms with Crippen LogP contribution in [0.3, 0.4) is 0 Å². The predicted octanol–water partition coefficient (Wildman–Crippen LogP) is 2.67. The van der Waals surface area contributed by atoms with Crippen LogP contribution in [0, 0.1) is 0 Å². The Balaban J connectivity index is 2.21. The van der Waals surface area contributed by atoms with Gasteiger partial charge < -0.3 is 5.32 Å². The van der Waals surface area contributed by atoms with Gasteiger partial charge in [-0.15, -0.1) is 11.6 Å². The number of hydrogen-bond acceptors (Lipinski definition) is 1. The molecule has 1 N–H and O–H groups in total. The number of amides is 1. The number of anilines is 1. The van der Waals surface area contributed by atoms with Crippen LogP contribution in [0.5, 0.6) is 0 Å². The van der Waals surface area contributed by atoms with Crippen LogP contribution >= 0.6 is 11.6 Å². The minimum absolute atomic E-state index is 0.0545. The fourth-order valence-electron chi connectivity index (χ4n) is 2.86. The molecule has 2 atom stereocenters. The first kappa shape index (κ1) is 9.22. The zero-order valence-electron chi connectivity index (χ0n) is 8.29. The average Bonchev–Trinajstić information content (AvgIpc) is 2.74. The average molecular weight is 222 g/mol. The molecule has 3 rings (SSSR count). The summed E-state index contributed by atoms with van der Waals surface area (Å²) in [4.78, 5) is 12.1. The first-order chi connectivity index (χ1) is 7.25. The predicted molar refractivity (Wildman–Crippen MR) is 60.2 cm³/mol. The zero-order valence-corrected chi connectivity index (χ0v) is 9.05. The van der Waals surface area contributed by atoms with Gasteiger partial charge in [0, 0.05) is 5.69 Å². The Morgan fingerprint density at radius 2 is 2.20 bits per heavy atom. The van der Waals surface area contributed by atoms with E-state index in [2.05, 4.69) is 5.32 Å². The number of rotatable bonds is 0. The van der Waals surface area contributed by atoms with Gasteiger partial charge in [-0.05, 0) is 24.5 Å². The Morgan fingerprint density at radius 3 is 2.93 bits per heavy atom. The molecular weight excluding hydrogens is 210 g/mol. The fourth-order valence-corrected chi connectivity index (χ4v) is 3.34. The van der Waals surface area contributed by atoms with Crippen molar-refractivity contribution in [2.75, 3.05) is 5.32 Å². The van der Waals surface area contributed by atoms with Crippen LogP contribution in [-0.4, -0.2) is 11.3 Å². The van der Waals surface area contributed by atoms with Crippen molar-refractivity contribution in [1.82, 2.24) is 0 Å². The first-order valence-electron chi connectivity index (χ1n) is 5.30. The van der Waals surface area contributed by atoms with Crippen molar-refractivity contribution < 1.29 is 4.79 Å². The van der Waals surface area contributed by atoms with Crippen molar-refractivity contribution >= 4 is 23.2 Å². The van der Waals surface area contributed by atoms with Gasteiger partial charge in [-0.1, -0.05) is 24.6 Å². The second-order valence-electron chi connectivity index (χ2n) is 4.33. The van der Waals surface area contributed by atoms with E-state index in [-0.39, 0.29) is 11.3 Å². The molecule has 1 amide bonds. The Labute approximate surface area is 93.6 Å². The van der Waals surface area contributed by atoms with E-state index in [4.69, 9.17) is 11.6 Å². The third-order valence-electron chi connectivity index (χ3n) is 3.62. The lowest BCUT2D eigenvalue weighted by molar-refractivity contribution is -0.120. The van der Waals surface area contributed by atoms with Crippen molar-refractivity contribution in [3.8, 4) is 0 Å². The van der Waals surface area contributed by atoms with Gasteiger partial charge in [0.05, 0.1) is 10.8 Å². The van der Waals surface area contributed by atoms with E-state index in [1.807, 2.05) is 24.3 Å². The summed E-state index contributed by atoms with van der Waals surface area (Å²) >= 11 is 6.34. The molecule has 1 aromatic rings. The molecule has 0 bridgehead atoms. The number of halogens is 1. The van der Waals surface area contributed by atoms with Gasteiger partial charge in [0.2, 0.25) is 5.91 Å². The maximum absolute atomic E-state index is 12.1. The number of nitrogens with one attached hydrogen (secondary N) is 1. The summed E-state index contributed by atoms with van der Waals surface area (Å²) in [6.07, 6.45) is 2.85. The molecule has 1 spiro atoms. The van der Waals surface area contributed by atoms with Crippen LogP contribution in [-0.2, 0) is 10.2 Å². The topological polar surface area (TPSA) is 29.1 Å². The highest BCUT2D eigenvalue weighted by Crippen LogP contribution is 2.50. The Bertz CT molecular complexity index is 431. The molecule has 0 radical (unpaired) electrons. The molecule has 15 heavy (non-hydrogen) atoms. The number of carbonyl (C=O) groups is 1. The molecule has 1 fully saturated rings. The van der Waals surface area contributed by atoms with Gasteiger partial charge in [-0.3, -0.25) is 4.79 Å². The molecule has 1 aliphatic carbocycles. The molecule has 0 saturated heterocycles. The summed E-state index contributed by atoms with van der Waals surface area (Å²) in [5.74, 6) is 0.0844. The first-order valence-corrected chi connectivity index (χ1v) is 5.74. The Morgan fingerprint density at radius 1 is 1.40 bits per heavy atom. The molecule has 0 aromatic heterocycles. The van der Waals surface area contributed by atoms with E-state index in [1.54, 1.807) is 0 Å². The quantitative estimate of drug-likeness (QED) is 0.671. The lowest BCUT2D eigenvalue weighted by Gasteiger charge is -2.24. The number of para-hydroxylation sites is 1. The molecule has 1 saturated carbocycles. The maximum atomic E-state index is 12.1. The van der Waals surface area contributed by atoms with Crippen LogP contribution in [0.15, 0.2) is 24.3 Å². The molecule has 2 unspecified atom stereocenters. The summed E-state index contributed by atoms with van der Waals surface area (Å²) < 4.78 is 0. The fraction of sp³-hybridized carbons (Fsp3) is 0.417. The van der Waals surface area contributed by atoms with Gasteiger partial charge in [0.15, 0.2) is 0 Å². The molecular formula is C12H12ClNO. The van der Waals surface area contributed by atoms with Crippen LogP contribution in [0.4, 0.5) is 5.69 Å². The highest BCUT2D eigenvalue weighted by molar-refractivity contribution is 6.26. The van der Waals surface area contributed by atoms with E-state index < -0.39 is 5.41 Å². The third-order valence-corrected chi connectivity index (χ3v) is 4.22. The van der Waals surface area contributed by atoms with Crippen LogP contribution in [0.25, 0.3) is 0 Å². The van der Waals surface area contributed by atoms with Gasteiger partial charge in [-0.2, -0.15) is 0 Å². The molecule has 3 heteroatoms. The lowest BCUT2D eigenvalue weighted by Crippen LogP contribution is -2.38. The minimum Gasteiger partial charge on any atom is -0.325 e. The molecule has 1 heterocycles. The number of benzene rings is 1. The monoisotopic (exact) mass is 221 g/mol. The van der Waals surface area contributed by atoms with Crippen molar-refractivity contribution in [3.05, 3.63) is 29.8 Å². The van der Waals surface area contributed by atoms with Crippen molar-refractivity contribution in [1.29, 1.82) is 0 Å². The van der Waals surface area contributed by atoms with E-state index in [1.165, 1.54) is 0 Å². The zero-order chi connectivity index (χ0) is 10.5. The maximum Gasteiger partial charge on any atom is 0.236 e. The van der Waals surface area contributed by atoms with Crippen LogP contribution in [0.1, 0.15) is 24.8 Å². The Kier molecular flexibility index (Phi) is 1.84. The smallest absolute Gasteiger partial charge is 0.236 e. The van der Waals surface area contributed by atoms with E-state index in [0.717, 1.165) is 30.5 Å². The Hall–Kier alpha value is -1.02. The molecule has 1 aromatic carbocycles. The second kappa shape index (κ2) is 2.99. The van der Waals surface area contributed by atoms with E-state index in [9.17, 15) is 4.79 Å². The van der Waals surface area contributed by atoms with E-state index >= 15 is 0 Å². The van der Waals surface area contributed by atoms with Gasteiger partial charge in [-0.25, -0.2) is 0 Å². The van der Waals surface area contributed by atoms with Crippen LogP contribution in [0.2, 0.25) is 0 Å². The van der Waals surface area contributed by atoms with Crippen molar-refractivity contribution in [3.63, 3.8) is 0 Å². The molecule has 78 valence electrons. The van der Waals surface area contributed by atoms with Gasteiger partial charge in [0.25, 0.3) is 0 Å². The van der Waals surface area contributed by atoms with Crippen molar-refractivity contribution in [2.45, 2.75) is 30.1 Å².